The zero-order valence-corrected chi connectivity index (χ0v) is 29.5. The molecule has 3 aliphatic heterocycles. The first-order valence-corrected chi connectivity index (χ1v) is 17.3. The van der Waals surface area contributed by atoms with Crippen molar-refractivity contribution in [3.8, 4) is 0 Å². The van der Waals surface area contributed by atoms with Crippen LogP contribution in [0.4, 0.5) is 0 Å². The third kappa shape index (κ3) is 4.38. The fourth-order valence-electron chi connectivity index (χ4n) is 10.2. The molecule has 12 unspecified atom stereocenters. The number of furan rings is 1. The fourth-order valence-corrected chi connectivity index (χ4v) is 10.2. The van der Waals surface area contributed by atoms with Crippen molar-refractivity contribution in [1.29, 1.82) is 0 Å². The number of hydrogen-bond acceptors (Lipinski definition) is 11. The molecule has 6 rings (SSSR count). The van der Waals surface area contributed by atoms with Crippen LogP contribution in [-0.2, 0) is 42.9 Å². The van der Waals surface area contributed by atoms with Crippen LogP contribution in [0.1, 0.15) is 99.2 Å². The van der Waals surface area contributed by atoms with Gasteiger partial charge < -0.3 is 33.2 Å². The quantitative estimate of drug-likeness (QED) is 0.264. The highest BCUT2D eigenvalue weighted by atomic mass is 16.7. The van der Waals surface area contributed by atoms with Crippen LogP contribution < -0.4 is 0 Å². The molecule has 12 atom stereocenters. The Hall–Kier alpha value is -3.18. The minimum absolute atomic E-state index is 0.0737. The van der Waals surface area contributed by atoms with E-state index < -0.39 is 99.4 Å². The highest BCUT2D eigenvalue weighted by Crippen LogP contribution is 2.81. The van der Waals surface area contributed by atoms with Gasteiger partial charge in [0.2, 0.25) is 0 Å². The van der Waals surface area contributed by atoms with Gasteiger partial charge in [-0.15, -0.1) is 0 Å². The van der Waals surface area contributed by atoms with Crippen LogP contribution in [0.2, 0.25) is 0 Å². The Morgan fingerprint density at radius 1 is 1.02 bits per heavy atom. The Balaban J connectivity index is 1.62. The standard InChI is InChI=1S/C37H50O11/c1-10-19(3)31(40)46-29-27-30(47-32(41)20(4)11-2)36-22(35(8,37(27,42)48-36)23(33(29,5)6)16-25(38)43-9)12-14-34(7)24(36)17-26(39)45-28(34)21-13-15-44-18-21/h13,15,17-20,22-23,27-30,42H,10-12,14,16H2,1-9H3. The molecule has 1 aromatic heterocycles. The molecule has 0 amide bonds. The van der Waals surface area contributed by atoms with Crippen molar-refractivity contribution in [2.75, 3.05) is 7.11 Å². The second kappa shape index (κ2) is 11.4. The van der Waals surface area contributed by atoms with E-state index in [0.717, 1.165) is 0 Å². The van der Waals surface area contributed by atoms with Crippen LogP contribution in [0.15, 0.2) is 34.7 Å². The summed E-state index contributed by atoms with van der Waals surface area (Å²) in [4.78, 5) is 54.1. The minimum Gasteiger partial charge on any atom is -0.472 e. The molecule has 2 bridgehead atoms. The molecule has 1 N–H and O–H groups in total. The van der Waals surface area contributed by atoms with Crippen LogP contribution in [0, 0.1) is 45.8 Å². The number of carbonyl (C=O) groups excluding carboxylic acids is 4. The number of esters is 4. The Morgan fingerprint density at radius 2 is 1.65 bits per heavy atom. The van der Waals surface area contributed by atoms with Crippen LogP contribution in [0.25, 0.3) is 0 Å². The summed E-state index contributed by atoms with van der Waals surface area (Å²) in [6, 6.07) is 1.76. The van der Waals surface area contributed by atoms with Gasteiger partial charge in [0.15, 0.2) is 5.79 Å². The minimum atomic E-state index is -2.02. The summed E-state index contributed by atoms with van der Waals surface area (Å²) in [5, 5.41) is 13.2. The second-order valence-electron chi connectivity index (χ2n) is 15.8. The van der Waals surface area contributed by atoms with Crippen molar-refractivity contribution < 1.29 is 52.4 Å². The average Bonchev–Trinajstić information content (AvgIpc) is 3.72. The molecule has 264 valence electrons. The SMILES string of the molecule is CCC(C)C(=O)OC1C2C(OC(=O)C(C)CC)C34OC2(O)C(C)(C(CC(=O)OC)C1(C)C)C3CCC1(C)C4=CC(=O)OC1c1ccoc1. The first kappa shape index (κ1) is 34.7. The Labute approximate surface area is 282 Å². The number of carbonyl (C=O) groups is 4. The number of rotatable bonds is 9. The number of cyclic esters (lactones) is 1. The maximum Gasteiger partial charge on any atom is 0.331 e. The normalized spacial score (nSPS) is 41.6. The summed E-state index contributed by atoms with van der Waals surface area (Å²) in [5.74, 6) is -7.09. The van der Waals surface area contributed by atoms with Gasteiger partial charge in [0, 0.05) is 40.2 Å². The number of hydrogen-bond donors (Lipinski definition) is 1. The summed E-state index contributed by atoms with van der Waals surface area (Å²) in [7, 11) is 1.32. The number of ether oxygens (including phenoxy) is 5. The molecule has 4 heterocycles. The van der Waals surface area contributed by atoms with E-state index >= 15 is 0 Å². The molecule has 11 nitrogen and oxygen atoms in total. The predicted octanol–water partition coefficient (Wildman–Crippen LogP) is 5.45. The van der Waals surface area contributed by atoms with Gasteiger partial charge in [-0.1, -0.05) is 55.4 Å². The van der Waals surface area contributed by atoms with E-state index in [1.54, 1.807) is 26.2 Å². The molecule has 2 aliphatic carbocycles. The Bertz CT molecular complexity index is 1510. The lowest BCUT2D eigenvalue weighted by atomic mass is 9.37. The lowest BCUT2D eigenvalue weighted by Gasteiger charge is -2.67. The van der Waals surface area contributed by atoms with Gasteiger partial charge >= 0.3 is 23.9 Å². The number of aliphatic hydroxyl groups is 1. The van der Waals surface area contributed by atoms with Gasteiger partial charge in [-0.25, -0.2) is 4.79 Å². The molecule has 1 spiro atoms. The van der Waals surface area contributed by atoms with Gasteiger partial charge in [-0.2, -0.15) is 0 Å². The van der Waals surface area contributed by atoms with Crippen molar-refractivity contribution >= 4 is 23.9 Å². The molecule has 11 heteroatoms. The lowest BCUT2D eigenvalue weighted by Crippen LogP contribution is -2.76. The van der Waals surface area contributed by atoms with E-state index in [9.17, 15) is 24.3 Å². The molecule has 2 saturated carbocycles. The van der Waals surface area contributed by atoms with Crippen LogP contribution in [0.3, 0.4) is 0 Å². The van der Waals surface area contributed by atoms with Crippen molar-refractivity contribution in [2.24, 2.45) is 45.8 Å². The zero-order valence-electron chi connectivity index (χ0n) is 29.5. The van der Waals surface area contributed by atoms with E-state index in [2.05, 4.69) is 0 Å². The van der Waals surface area contributed by atoms with E-state index in [1.807, 2.05) is 41.5 Å². The van der Waals surface area contributed by atoms with Crippen LogP contribution in [-0.4, -0.2) is 59.7 Å². The van der Waals surface area contributed by atoms with E-state index in [-0.39, 0.29) is 6.42 Å². The summed E-state index contributed by atoms with van der Waals surface area (Å²) in [6.45, 7) is 15.1. The summed E-state index contributed by atoms with van der Waals surface area (Å²) >= 11 is 0. The van der Waals surface area contributed by atoms with E-state index in [1.165, 1.54) is 19.4 Å². The van der Waals surface area contributed by atoms with Gasteiger partial charge in [0.25, 0.3) is 0 Å². The Kier molecular flexibility index (Phi) is 8.26. The average molecular weight is 671 g/mol. The second-order valence-corrected chi connectivity index (χ2v) is 15.8. The topological polar surface area (TPSA) is 148 Å². The van der Waals surface area contributed by atoms with Crippen LogP contribution >= 0.6 is 0 Å². The van der Waals surface area contributed by atoms with E-state index in [0.29, 0.717) is 36.8 Å². The first-order valence-electron chi connectivity index (χ1n) is 17.3. The lowest BCUT2D eigenvalue weighted by molar-refractivity contribution is -0.326. The van der Waals surface area contributed by atoms with Crippen LogP contribution in [0.5, 0.6) is 0 Å². The Morgan fingerprint density at radius 3 is 2.21 bits per heavy atom. The van der Waals surface area contributed by atoms with Gasteiger partial charge in [0.05, 0.1) is 37.4 Å². The van der Waals surface area contributed by atoms with Gasteiger partial charge in [-0.3, -0.25) is 14.4 Å². The van der Waals surface area contributed by atoms with Gasteiger partial charge in [0.1, 0.15) is 23.9 Å². The molecule has 48 heavy (non-hydrogen) atoms. The van der Waals surface area contributed by atoms with E-state index in [4.69, 9.17) is 28.1 Å². The van der Waals surface area contributed by atoms with Gasteiger partial charge in [-0.05, 0) is 43.2 Å². The van der Waals surface area contributed by atoms with Crippen molar-refractivity contribution in [1.82, 2.24) is 0 Å². The monoisotopic (exact) mass is 670 g/mol. The third-order valence-electron chi connectivity index (χ3n) is 13.2. The molecular weight excluding hydrogens is 620 g/mol. The van der Waals surface area contributed by atoms with Crippen molar-refractivity contribution in [3.63, 3.8) is 0 Å². The maximum atomic E-state index is 13.8. The fraction of sp³-hybridized carbons (Fsp3) is 0.730. The molecule has 4 fully saturated rings. The highest BCUT2D eigenvalue weighted by molar-refractivity contribution is 5.86. The first-order chi connectivity index (χ1) is 22.5. The van der Waals surface area contributed by atoms with Crippen molar-refractivity contribution in [2.45, 2.75) is 117 Å². The number of fused-ring (bicyclic) bond motifs is 2. The summed E-state index contributed by atoms with van der Waals surface area (Å²) in [6.07, 6.45) is 3.61. The molecule has 0 aromatic carbocycles. The molecule has 5 aliphatic rings. The number of methoxy groups -OCH3 is 1. The largest absolute Gasteiger partial charge is 0.472 e. The zero-order chi connectivity index (χ0) is 35.2. The third-order valence-corrected chi connectivity index (χ3v) is 13.2. The highest BCUT2D eigenvalue weighted by Gasteiger charge is 2.90. The maximum absolute atomic E-state index is 13.8. The van der Waals surface area contributed by atoms with Crippen molar-refractivity contribution in [3.05, 3.63) is 35.8 Å². The molecular formula is C37H50O11. The smallest absolute Gasteiger partial charge is 0.331 e. The molecule has 2 saturated heterocycles. The predicted molar refractivity (Wildman–Crippen MR) is 169 cm³/mol. The summed E-state index contributed by atoms with van der Waals surface area (Å²) in [5.41, 5.74) is -3.15. The molecule has 0 radical (unpaired) electrons. The summed E-state index contributed by atoms with van der Waals surface area (Å²) < 4.78 is 36.5. The molecule has 1 aromatic rings.